The molecule has 6 rings (SSSR count). The summed E-state index contributed by atoms with van der Waals surface area (Å²) < 4.78 is 38.3. The highest BCUT2D eigenvalue weighted by molar-refractivity contribution is 7.23. The van der Waals surface area contributed by atoms with E-state index in [0.29, 0.717) is 45.5 Å². The number of nitrogens with two attached hydrogens (primary N) is 1. The van der Waals surface area contributed by atoms with Crippen LogP contribution in [0.2, 0.25) is 0 Å². The molecular formula is C27H26F2N6OS. The number of ether oxygens (including phenoxy) is 1. The highest BCUT2D eigenvalue weighted by Crippen LogP contribution is 2.46. The minimum absolute atomic E-state index is 0.0271. The van der Waals surface area contributed by atoms with Crippen molar-refractivity contribution in [1.29, 1.82) is 5.26 Å². The predicted octanol–water partition coefficient (Wildman–Crippen LogP) is 5.10. The van der Waals surface area contributed by atoms with Crippen molar-refractivity contribution in [3.8, 4) is 17.2 Å². The molecule has 4 heterocycles. The fourth-order valence-corrected chi connectivity index (χ4v) is 6.56. The third kappa shape index (κ3) is 3.72. The van der Waals surface area contributed by atoms with E-state index in [2.05, 4.69) is 47.0 Å². The fourth-order valence-electron chi connectivity index (χ4n) is 5.63. The first kappa shape index (κ1) is 24.0. The maximum Gasteiger partial charge on any atom is 0.226 e. The van der Waals surface area contributed by atoms with Gasteiger partial charge in [-0.25, -0.2) is 18.7 Å². The Morgan fingerprint density at radius 3 is 2.76 bits per heavy atom. The molecule has 7 nitrogen and oxygen atoms in total. The maximum absolute atomic E-state index is 16.5. The number of rotatable bonds is 4. The molecule has 0 unspecified atom stereocenters. The third-order valence-corrected chi connectivity index (χ3v) is 8.31. The van der Waals surface area contributed by atoms with Crippen molar-refractivity contribution in [2.45, 2.75) is 46.1 Å². The summed E-state index contributed by atoms with van der Waals surface area (Å²) in [5.74, 6) is -0.463. The van der Waals surface area contributed by atoms with Gasteiger partial charge in [0.05, 0.1) is 18.8 Å². The molecule has 0 saturated carbocycles. The SMILES string of the molecule is CC(C)N[C@@H]1CN(c2ncc3c4c(c(-c5c(F)ccc6sc(N)c(C#N)c56)c(F)c3n2)COC4)C[C@@H]1C. The van der Waals surface area contributed by atoms with Gasteiger partial charge in [0.15, 0.2) is 5.82 Å². The summed E-state index contributed by atoms with van der Waals surface area (Å²) in [6.07, 6.45) is 1.64. The quantitative estimate of drug-likeness (QED) is 0.386. The number of nitrogens with zero attached hydrogens (tertiary/aromatic N) is 4. The van der Waals surface area contributed by atoms with Gasteiger partial charge < -0.3 is 20.7 Å². The number of hydrogen-bond acceptors (Lipinski definition) is 8. The van der Waals surface area contributed by atoms with E-state index in [1.54, 1.807) is 12.3 Å². The van der Waals surface area contributed by atoms with Crippen LogP contribution >= 0.6 is 11.3 Å². The summed E-state index contributed by atoms with van der Waals surface area (Å²) in [6, 6.07) is 5.55. The van der Waals surface area contributed by atoms with Gasteiger partial charge in [-0.1, -0.05) is 20.8 Å². The third-order valence-electron chi connectivity index (χ3n) is 7.32. The Labute approximate surface area is 216 Å². The number of nitrogen functional groups attached to an aromatic ring is 1. The Hall–Kier alpha value is -3.39. The average Bonchev–Trinajstić information content (AvgIpc) is 3.57. The summed E-state index contributed by atoms with van der Waals surface area (Å²) in [4.78, 5) is 11.3. The van der Waals surface area contributed by atoms with Gasteiger partial charge in [0, 0.05) is 58.0 Å². The normalized spacial score (nSPS) is 19.3. The Kier molecular flexibility index (Phi) is 5.75. The standard InChI is InChI=1S/C27H26F2N6OS/c1-12(2)33-19-9-35(8-13(19)3)27-32-7-15-16-10-36-11-17(16)22(24(29)25(15)34-27)23-18(28)4-5-20-21(23)14(6-30)26(31)37-20/h4-5,7,12-13,19,33H,8-11,31H2,1-3H3/t13-,19+/m0/s1. The molecule has 2 atom stereocenters. The van der Waals surface area contributed by atoms with E-state index in [9.17, 15) is 5.26 Å². The summed E-state index contributed by atoms with van der Waals surface area (Å²) in [5, 5.41) is 14.5. The summed E-state index contributed by atoms with van der Waals surface area (Å²) in [6.45, 7) is 8.22. The highest BCUT2D eigenvalue weighted by Gasteiger charge is 2.33. The maximum atomic E-state index is 16.5. The molecule has 2 aromatic carbocycles. The van der Waals surface area contributed by atoms with Gasteiger partial charge in [0.2, 0.25) is 5.95 Å². The van der Waals surface area contributed by atoms with E-state index >= 15 is 8.78 Å². The minimum Gasteiger partial charge on any atom is -0.389 e. The molecule has 1 fully saturated rings. The van der Waals surface area contributed by atoms with Crippen molar-refractivity contribution in [2.24, 2.45) is 5.92 Å². The van der Waals surface area contributed by atoms with Crippen LogP contribution in [0.1, 0.15) is 37.5 Å². The zero-order chi connectivity index (χ0) is 26.0. The number of halogens is 2. The molecule has 190 valence electrons. The lowest BCUT2D eigenvalue weighted by Crippen LogP contribution is -2.39. The predicted molar refractivity (Wildman–Crippen MR) is 141 cm³/mol. The van der Waals surface area contributed by atoms with Crippen LogP contribution in [-0.4, -0.2) is 35.1 Å². The van der Waals surface area contributed by atoms with Gasteiger partial charge in [0.25, 0.3) is 0 Å². The van der Waals surface area contributed by atoms with Crippen LogP contribution in [0.4, 0.5) is 19.7 Å². The van der Waals surface area contributed by atoms with Crippen molar-refractivity contribution in [3.63, 3.8) is 0 Å². The number of thiophene rings is 1. The Morgan fingerprint density at radius 1 is 1.22 bits per heavy atom. The molecule has 0 amide bonds. The number of nitrogens with one attached hydrogen (secondary N) is 1. The van der Waals surface area contributed by atoms with Crippen molar-refractivity contribution >= 4 is 43.3 Å². The smallest absolute Gasteiger partial charge is 0.226 e. The number of aromatic nitrogens is 2. The van der Waals surface area contributed by atoms with Crippen molar-refractivity contribution < 1.29 is 13.5 Å². The van der Waals surface area contributed by atoms with Gasteiger partial charge in [-0.15, -0.1) is 11.3 Å². The molecule has 0 bridgehead atoms. The number of fused-ring (bicyclic) bond motifs is 4. The first-order valence-electron chi connectivity index (χ1n) is 12.3. The van der Waals surface area contributed by atoms with Crippen LogP contribution in [0, 0.1) is 28.9 Å². The second kappa shape index (κ2) is 8.87. The molecule has 0 radical (unpaired) electrons. The molecular weight excluding hydrogens is 494 g/mol. The second-order valence-electron chi connectivity index (χ2n) is 10.1. The minimum atomic E-state index is -0.646. The van der Waals surface area contributed by atoms with Gasteiger partial charge in [-0.3, -0.25) is 0 Å². The van der Waals surface area contributed by atoms with Crippen LogP contribution in [-0.2, 0) is 18.0 Å². The Bertz CT molecular complexity index is 1610. The molecule has 3 N–H and O–H groups in total. The molecule has 2 aromatic heterocycles. The average molecular weight is 521 g/mol. The first-order chi connectivity index (χ1) is 17.8. The van der Waals surface area contributed by atoms with Crippen LogP contribution in [0.25, 0.3) is 32.1 Å². The number of benzene rings is 2. The van der Waals surface area contributed by atoms with Gasteiger partial charge in [-0.05, 0) is 29.2 Å². The largest absolute Gasteiger partial charge is 0.389 e. The molecule has 37 heavy (non-hydrogen) atoms. The van der Waals surface area contributed by atoms with E-state index in [-0.39, 0.29) is 46.5 Å². The van der Waals surface area contributed by atoms with Crippen LogP contribution < -0.4 is 16.0 Å². The van der Waals surface area contributed by atoms with E-state index in [0.717, 1.165) is 12.1 Å². The van der Waals surface area contributed by atoms with Crippen molar-refractivity contribution in [3.05, 3.63) is 46.7 Å². The lowest BCUT2D eigenvalue weighted by atomic mass is 9.90. The molecule has 10 heteroatoms. The highest BCUT2D eigenvalue weighted by atomic mass is 32.1. The molecule has 0 spiro atoms. The monoisotopic (exact) mass is 520 g/mol. The lowest BCUT2D eigenvalue weighted by Gasteiger charge is -2.20. The second-order valence-corrected chi connectivity index (χ2v) is 11.2. The fraction of sp³-hybridized carbons (Fsp3) is 0.370. The topological polar surface area (TPSA) is 100 Å². The number of hydrogen-bond donors (Lipinski definition) is 2. The van der Waals surface area contributed by atoms with Gasteiger partial charge in [0.1, 0.15) is 22.4 Å². The number of nitriles is 1. The Morgan fingerprint density at radius 2 is 2.00 bits per heavy atom. The summed E-state index contributed by atoms with van der Waals surface area (Å²) in [5.41, 5.74) is 7.74. The van der Waals surface area contributed by atoms with E-state index < -0.39 is 11.6 Å². The van der Waals surface area contributed by atoms with Crippen molar-refractivity contribution in [2.75, 3.05) is 23.7 Å². The van der Waals surface area contributed by atoms with Crippen LogP contribution in [0.5, 0.6) is 0 Å². The van der Waals surface area contributed by atoms with E-state index in [1.165, 1.54) is 17.4 Å². The molecule has 4 aromatic rings. The zero-order valence-electron chi connectivity index (χ0n) is 20.7. The van der Waals surface area contributed by atoms with Gasteiger partial charge in [-0.2, -0.15) is 5.26 Å². The van der Waals surface area contributed by atoms with Crippen LogP contribution in [0.15, 0.2) is 18.3 Å². The molecule has 1 saturated heterocycles. The number of anilines is 2. The lowest BCUT2D eigenvalue weighted by molar-refractivity contribution is 0.135. The molecule has 2 aliphatic rings. The summed E-state index contributed by atoms with van der Waals surface area (Å²) in [7, 11) is 0. The molecule has 2 aliphatic heterocycles. The molecule has 0 aliphatic carbocycles. The van der Waals surface area contributed by atoms with Gasteiger partial charge >= 0.3 is 0 Å². The van der Waals surface area contributed by atoms with E-state index in [1.807, 2.05) is 0 Å². The first-order valence-corrected chi connectivity index (χ1v) is 13.1. The van der Waals surface area contributed by atoms with E-state index in [4.69, 9.17) is 10.5 Å². The zero-order valence-corrected chi connectivity index (χ0v) is 21.5. The Balaban J connectivity index is 1.57. The van der Waals surface area contributed by atoms with Crippen molar-refractivity contribution in [1.82, 2.24) is 15.3 Å². The summed E-state index contributed by atoms with van der Waals surface area (Å²) >= 11 is 1.18. The van der Waals surface area contributed by atoms with Crippen LogP contribution in [0.3, 0.4) is 0 Å².